The Morgan fingerprint density at radius 2 is 1.70 bits per heavy atom. The van der Waals surface area contributed by atoms with Crippen molar-refractivity contribution in [1.29, 1.82) is 0 Å². The van der Waals surface area contributed by atoms with Gasteiger partial charge in [-0.05, 0) is 48.7 Å². The number of aromatic amines is 1. The first-order valence-corrected chi connectivity index (χ1v) is 10.3. The van der Waals surface area contributed by atoms with Crippen LogP contribution in [0.25, 0.3) is 0 Å². The lowest BCUT2D eigenvalue weighted by Crippen LogP contribution is -2.34. The lowest BCUT2D eigenvalue weighted by atomic mass is 9.88. The number of hydrogen-bond donors (Lipinski definition) is 2. The highest BCUT2D eigenvalue weighted by molar-refractivity contribution is 7.89. The number of halogens is 3. The summed E-state index contributed by atoms with van der Waals surface area (Å²) in [7, 11) is -4.79. The molecule has 0 aliphatic heterocycles. The summed E-state index contributed by atoms with van der Waals surface area (Å²) in [4.78, 5) is 10.2. The van der Waals surface area contributed by atoms with E-state index < -0.39 is 56.0 Å². The van der Waals surface area contributed by atoms with E-state index in [0.717, 1.165) is 23.8 Å². The molecule has 1 aromatic heterocycles. The van der Waals surface area contributed by atoms with Crippen molar-refractivity contribution in [1.82, 2.24) is 14.9 Å². The second-order valence-electron chi connectivity index (χ2n) is 6.79. The number of rotatable bonds is 6. The predicted molar refractivity (Wildman–Crippen MR) is 101 cm³/mol. The topological polar surface area (TPSA) is 105 Å². The lowest BCUT2D eigenvalue weighted by Gasteiger charge is -2.25. The van der Waals surface area contributed by atoms with Crippen molar-refractivity contribution in [2.75, 3.05) is 0 Å². The first kappa shape index (κ1) is 21.8. The molecule has 0 spiro atoms. The van der Waals surface area contributed by atoms with Crippen molar-refractivity contribution >= 4 is 10.0 Å². The summed E-state index contributed by atoms with van der Waals surface area (Å²) < 4.78 is 75.4. The van der Waals surface area contributed by atoms with Gasteiger partial charge in [-0.1, -0.05) is 19.1 Å². The summed E-state index contributed by atoms with van der Waals surface area (Å²) in [5.41, 5.74) is 1.42. The van der Waals surface area contributed by atoms with E-state index in [2.05, 4.69) is 9.82 Å². The van der Waals surface area contributed by atoms with Crippen LogP contribution in [0.15, 0.2) is 44.4 Å². The number of nitrogens with one attached hydrogen (secondary N) is 2. The fraction of sp³-hybridized carbons (Fsp3) is 0.263. The van der Waals surface area contributed by atoms with Crippen molar-refractivity contribution < 1.29 is 26.0 Å². The van der Waals surface area contributed by atoms with E-state index in [-0.39, 0.29) is 5.56 Å². The summed E-state index contributed by atoms with van der Waals surface area (Å²) in [5, 5.41) is 5.62. The number of aromatic nitrogens is 2. The number of sulfonamides is 1. The van der Waals surface area contributed by atoms with Gasteiger partial charge in [0.25, 0.3) is 0 Å². The normalized spacial score (nSPS) is 13.9. The Labute approximate surface area is 170 Å². The second-order valence-corrected chi connectivity index (χ2v) is 8.44. The van der Waals surface area contributed by atoms with Crippen LogP contribution in [0.5, 0.6) is 0 Å². The third-order valence-corrected chi connectivity index (χ3v) is 6.37. The van der Waals surface area contributed by atoms with Gasteiger partial charge < -0.3 is 4.42 Å². The van der Waals surface area contributed by atoms with Crippen LogP contribution >= 0.6 is 0 Å². The minimum absolute atomic E-state index is 0.141. The van der Waals surface area contributed by atoms with Gasteiger partial charge in [-0.15, -0.1) is 5.10 Å². The lowest BCUT2D eigenvalue weighted by molar-refractivity contribution is 0.375. The molecule has 2 atom stereocenters. The number of hydrogen-bond acceptors (Lipinski definition) is 5. The zero-order chi connectivity index (χ0) is 22.2. The maximum absolute atomic E-state index is 14.6. The average molecular weight is 441 g/mol. The molecule has 0 aliphatic rings. The maximum Gasteiger partial charge on any atom is 0.434 e. The minimum Gasteiger partial charge on any atom is -0.391 e. The Morgan fingerprint density at radius 3 is 2.27 bits per heavy atom. The minimum atomic E-state index is -4.79. The highest BCUT2D eigenvalue weighted by Gasteiger charge is 2.35. The number of aryl methyl sites for hydroxylation is 1. The predicted octanol–water partition coefficient (Wildman–Crippen LogP) is 3.22. The molecule has 30 heavy (non-hydrogen) atoms. The first-order valence-electron chi connectivity index (χ1n) is 8.80. The van der Waals surface area contributed by atoms with E-state index in [1.54, 1.807) is 19.9 Å². The van der Waals surface area contributed by atoms with Gasteiger partial charge in [-0.25, -0.2) is 31.5 Å². The van der Waals surface area contributed by atoms with Crippen molar-refractivity contribution in [3.8, 4) is 0 Å². The molecule has 2 N–H and O–H groups in total. The quantitative estimate of drug-likeness (QED) is 0.611. The Morgan fingerprint density at radius 1 is 1.07 bits per heavy atom. The van der Waals surface area contributed by atoms with E-state index in [4.69, 9.17) is 4.42 Å². The van der Waals surface area contributed by atoms with E-state index >= 15 is 0 Å². The largest absolute Gasteiger partial charge is 0.434 e. The third kappa shape index (κ3) is 4.03. The van der Waals surface area contributed by atoms with Gasteiger partial charge in [0.05, 0.1) is 0 Å². The van der Waals surface area contributed by atoms with Crippen LogP contribution < -0.4 is 10.5 Å². The van der Waals surface area contributed by atoms with Crippen molar-refractivity contribution in [2.24, 2.45) is 0 Å². The van der Waals surface area contributed by atoms with Gasteiger partial charge in [0.2, 0.25) is 15.9 Å². The molecule has 11 heteroatoms. The summed E-state index contributed by atoms with van der Waals surface area (Å²) in [6.07, 6.45) is 0. The van der Waals surface area contributed by atoms with Crippen LogP contribution in [0.2, 0.25) is 0 Å². The molecular weight excluding hydrogens is 423 g/mol. The van der Waals surface area contributed by atoms with E-state index in [9.17, 15) is 26.4 Å². The molecule has 3 rings (SSSR count). The Balaban J connectivity index is 2.14. The Bertz CT molecular complexity index is 1230. The molecule has 7 nitrogen and oxygen atoms in total. The molecule has 0 bridgehead atoms. The van der Waals surface area contributed by atoms with Crippen molar-refractivity contribution in [3.05, 3.63) is 80.9 Å². The SMILES string of the molecule is Cc1ccc(F)c([C@@H](C)[C@H](NS(=O)(=O)c2c(F)cccc2F)c2n[nH]c(=O)o2)c1C. The third-order valence-electron chi connectivity index (χ3n) is 4.88. The average Bonchev–Trinajstić information content (AvgIpc) is 3.09. The zero-order valence-corrected chi connectivity index (χ0v) is 17.0. The van der Waals surface area contributed by atoms with E-state index in [1.165, 1.54) is 13.0 Å². The van der Waals surface area contributed by atoms with E-state index in [1.807, 2.05) is 5.10 Å². The van der Waals surface area contributed by atoms with Gasteiger partial charge in [0.15, 0.2) is 4.90 Å². The fourth-order valence-corrected chi connectivity index (χ4v) is 4.64. The molecule has 0 saturated carbocycles. The van der Waals surface area contributed by atoms with Gasteiger partial charge in [-0.2, -0.15) is 4.72 Å². The Kier molecular flexibility index (Phi) is 5.86. The monoisotopic (exact) mass is 441 g/mol. The van der Waals surface area contributed by atoms with Crippen LogP contribution in [0, 0.1) is 31.3 Å². The van der Waals surface area contributed by atoms with Crippen LogP contribution in [0.1, 0.15) is 41.5 Å². The Hall–Kier alpha value is -2.92. The number of H-pyrrole nitrogens is 1. The maximum atomic E-state index is 14.6. The molecule has 0 radical (unpaired) electrons. The van der Waals surface area contributed by atoms with E-state index in [0.29, 0.717) is 5.56 Å². The highest BCUT2D eigenvalue weighted by Crippen LogP contribution is 2.35. The smallest absolute Gasteiger partial charge is 0.391 e. The molecule has 1 heterocycles. The van der Waals surface area contributed by atoms with Crippen molar-refractivity contribution in [2.45, 2.75) is 37.6 Å². The summed E-state index contributed by atoms with van der Waals surface area (Å²) in [6, 6.07) is 3.93. The number of benzene rings is 2. The molecular formula is C19H18F3N3O4S. The molecule has 0 unspecified atom stereocenters. The molecule has 160 valence electrons. The van der Waals surface area contributed by atoms with Gasteiger partial charge in [-0.3, -0.25) is 0 Å². The van der Waals surface area contributed by atoms with Crippen LogP contribution in [-0.4, -0.2) is 18.6 Å². The molecule has 0 amide bonds. The van der Waals surface area contributed by atoms with Gasteiger partial charge in [0, 0.05) is 5.92 Å². The molecule has 0 saturated heterocycles. The molecule has 3 aromatic rings. The number of nitrogens with zero attached hydrogens (tertiary/aromatic N) is 1. The highest BCUT2D eigenvalue weighted by atomic mass is 32.2. The summed E-state index contributed by atoms with van der Waals surface area (Å²) in [6.45, 7) is 4.87. The van der Waals surface area contributed by atoms with Crippen LogP contribution in [0.4, 0.5) is 13.2 Å². The molecule has 0 fully saturated rings. The zero-order valence-electron chi connectivity index (χ0n) is 16.2. The summed E-state index contributed by atoms with van der Waals surface area (Å²) in [5.74, 6) is -5.58. The standard InChI is InChI=1S/C19H18F3N3O4S/c1-9-7-8-12(20)15(10(9)2)11(3)16(18-23-24-19(26)29-18)25-30(27,28)17-13(21)5-4-6-14(17)22/h4-8,11,16,25H,1-3H3,(H,24,26)/t11-,16+/m1/s1. The summed E-state index contributed by atoms with van der Waals surface area (Å²) >= 11 is 0. The van der Waals surface area contributed by atoms with Gasteiger partial charge in [0.1, 0.15) is 23.5 Å². The van der Waals surface area contributed by atoms with Crippen LogP contribution in [0.3, 0.4) is 0 Å². The first-order chi connectivity index (χ1) is 14.0. The van der Waals surface area contributed by atoms with Crippen LogP contribution in [-0.2, 0) is 10.0 Å². The second kappa shape index (κ2) is 8.07. The molecule has 0 aliphatic carbocycles. The van der Waals surface area contributed by atoms with Gasteiger partial charge >= 0.3 is 5.76 Å². The fourth-order valence-electron chi connectivity index (χ4n) is 3.24. The van der Waals surface area contributed by atoms with Crippen molar-refractivity contribution in [3.63, 3.8) is 0 Å². The molecule has 2 aromatic carbocycles.